The molecule has 6 heteroatoms. The molecular formula is C12H18FNO3S. The molecule has 1 aromatic carbocycles. The zero-order valence-electron chi connectivity index (χ0n) is 10.5. The van der Waals surface area contributed by atoms with Gasteiger partial charge in [0.05, 0.1) is 12.1 Å². The first-order chi connectivity index (χ1) is 8.40. The van der Waals surface area contributed by atoms with Crippen molar-refractivity contribution in [3.05, 3.63) is 30.1 Å². The second kappa shape index (κ2) is 5.77. The van der Waals surface area contributed by atoms with Crippen LogP contribution in [0.15, 0.2) is 29.2 Å². The number of sulfonamides is 1. The normalized spacial score (nSPS) is 12.7. The average molecular weight is 275 g/mol. The van der Waals surface area contributed by atoms with Crippen molar-refractivity contribution in [3.8, 4) is 0 Å². The Balaban J connectivity index is 3.13. The summed E-state index contributed by atoms with van der Waals surface area (Å²) in [5, 5.41) is 9.34. The standard InChI is InChI=1S/C12H18FNO3S/c1-3-12(4-2,9-15)14-18(16,17)11-8-6-5-7-10(11)13/h5-8,14-15H,3-4,9H2,1-2H3. The van der Waals surface area contributed by atoms with E-state index in [1.165, 1.54) is 18.2 Å². The highest BCUT2D eigenvalue weighted by Gasteiger charge is 2.32. The first-order valence-corrected chi connectivity index (χ1v) is 7.28. The SMILES string of the molecule is CCC(CC)(CO)NS(=O)(=O)c1ccccc1F. The van der Waals surface area contributed by atoms with E-state index in [1.807, 2.05) is 0 Å². The Morgan fingerprint density at radius 1 is 1.28 bits per heavy atom. The van der Waals surface area contributed by atoms with Crippen LogP contribution < -0.4 is 4.72 Å². The molecule has 0 fully saturated rings. The summed E-state index contributed by atoms with van der Waals surface area (Å²) in [4.78, 5) is -0.398. The monoisotopic (exact) mass is 275 g/mol. The van der Waals surface area contributed by atoms with Crippen molar-refractivity contribution in [2.24, 2.45) is 0 Å². The molecular weight excluding hydrogens is 257 g/mol. The second-order valence-corrected chi connectivity index (χ2v) is 5.83. The van der Waals surface area contributed by atoms with Crippen LogP contribution in [0, 0.1) is 5.82 Å². The van der Waals surface area contributed by atoms with E-state index in [9.17, 15) is 17.9 Å². The fraction of sp³-hybridized carbons (Fsp3) is 0.500. The van der Waals surface area contributed by atoms with Crippen LogP contribution in [-0.4, -0.2) is 25.7 Å². The molecule has 0 aliphatic rings. The maximum absolute atomic E-state index is 13.5. The molecule has 0 aromatic heterocycles. The van der Waals surface area contributed by atoms with Crippen LogP contribution in [0.3, 0.4) is 0 Å². The minimum absolute atomic E-state index is 0.326. The summed E-state index contributed by atoms with van der Waals surface area (Å²) in [6.07, 6.45) is 0.849. The van der Waals surface area contributed by atoms with Gasteiger partial charge in [-0.2, -0.15) is 0 Å². The van der Waals surface area contributed by atoms with Crippen molar-refractivity contribution in [1.82, 2.24) is 4.72 Å². The number of aliphatic hydroxyl groups excluding tert-OH is 1. The predicted octanol–water partition coefficient (Wildman–Crippen LogP) is 1.66. The van der Waals surface area contributed by atoms with E-state index in [4.69, 9.17) is 0 Å². The molecule has 0 atom stereocenters. The van der Waals surface area contributed by atoms with Gasteiger partial charge in [-0.05, 0) is 25.0 Å². The highest BCUT2D eigenvalue weighted by molar-refractivity contribution is 7.89. The van der Waals surface area contributed by atoms with Gasteiger partial charge in [-0.15, -0.1) is 0 Å². The molecule has 0 aliphatic carbocycles. The van der Waals surface area contributed by atoms with Gasteiger partial charge in [-0.1, -0.05) is 26.0 Å². The third kappa shape index (κ3) is 3.07. The van der Waals surface area contributed by atoms with Gasteiger partial charge < -0.3 is 5.11 Å². The summed E-state index contributed by atoms with van der Waals surface area (Å²) in [5.41, 5.74) is -0.943. The van der Waals surface area contributed by atoms with Gasteiger partial charge in [0.2, 0.25) is 10.0 Å². The molecule has 0 heterocycles. The molecule has 0 bridgehead atoms. The molecule has 0 unspecified atom stereocenters. The van der Waals surface area contributed by atoms with Crippen molar-refractivity contribution in [2.45, 2.75) is 37.1 Å². The van der Waals surface area contributed by atoms with Crippen LogP contribution in [0.25, 0.3) is 0 Å². The van der Waals surface area contributed by atoms with Gasteiger partial charge in [-0.25, -0.2) is 17.5 Å². The zero-order valence-corrected chi connectivity index (χ0v) is 11.3. The van der Waals surface area contributed by atoms with Gasteiger partial charge >= 0.3 is 0 Å². The average Bonchev–Trinajstić information content (AvgIpc) is 2.36. The summed E-state index contributed by atoms with van der Waals surface area (Å²) in [6, 6.07) is 5.17. The predicted molar refractivity (Wildman–Crippen MR) is 67.1 cm³/mol. The van der Waals surface area contributed by atoms with E-state index >= 15 is 0 Å². The Morgan fingerprint density at radius 3 is 2.28 bits per heavy atom. The van der Waals surface area contributed by atoms with Crippen LogP contribution >= 0.6 is 0 Å². The summed E-state index contributed by atoms with van der Waals surface area (Å²) < 4.78 is 40.1. The summed E-state index contributed by atoms with van der Waals surface area (Å²) in [6.45, 7) is 3.21. The highest BCUT2D eigenvalue weighted by Crippen LogP contribution is 2.20. The first-order valence-electron chi connectivity index (χ1n) is 5.80. The number of nitrogens with one attached hydrogen (secondary N) is 1. The minimum Gasteiger partial charge on any atom is -0.394 e. The van der Waals surface area contributed by atoms with Crippen LogP contribution in [0.5, 0.6) is 0 Å². The molecule has 0 saturated carbocycles. The van der Waals surface area contributed by atoms with E-state index in [0.717, 1.165) is 6.07 Å². The Morgan fingerprint density at radius 2 is 1.83 bits per heavy atom. The molecule has 0 amide bonds. The van der Waals surface area contributed by atoms with Crippen LogP contribution in [0.2, 0.25) is 0 Å². The lowest BCUT2D eigenvalue weighted by atomic mass is 9.96. The van der Waals surface area contributed by atoms with Crippen molar-refractivity contribution in [3.63, 3.8) is 0 Å². The topological polar surface area (TPSA) is 66.4 Å². The molecule has 0 spiro atoms. The second-order valence-electron chi connectivity index (χ2n) is 4.18. The largest absolute Gasteiger partial charge is 0.394 e. The van der Waals surface area contributed by atoms with Gasteiger partial charge in [0, 0.05) is 0 Å². The molecule has 0 radical (unpaired) electrons. The molecule has 1 aromatic rings. The van der Waals surface area contributed by atoms with Crippen LogP contribution in [0.4, 0.5) is 4.39 Å². The lowest BCUT2D eigenvalue weighted by molar-refractivity contribution is 0.172. The van der Waals surface area contributed by atoms with Gasteiger partial charge in [0.25, 0.3) is 0 Å². The minimum atomic E-state index is -3.97. The van der Waals surface area contributed by atoms with E-state index in [-0.39, 0.29) is 6.61 Å². The smallest absolute Gasteiger partial charge is 0.244 e. The number of aliphatic hydroxyl groups is 1. The van der Waals surface area contributed by atoms with Crippen LogP contribution in [-0.2, 0) is 10.0 Å². The van der Waals surface area contributed by atoms with Crippen LogP contribution in [0.1, 0.15) is 26.7 Å². The number of hydrogen-bond donors (Lipinski definition) is 2. The van der Waals surface area contributed by atoms with Gasteiger partial charge in [0.15, 0.2) is 0 Å². The number of halogens is 1. The molecule has 102 valence electrons. The maximum atomic E-state index is 13.5. The Hall–Kier alpha value is -0.980. The number of hydrogen-bond acceptors (Lipinski definition) is 3. The summed E-state index contributed by atoms with van der Waals surface area (Å²) in [5.74, 6) is -0.802. The van der Waals surface area contributed by atoms with E-state index in [0.29, 0.717) is 12.8 Å². The van der Waals surface area contributed by atoms with Crippen molar-refractivity contribution >= 4 is 10.0 Å². The lowest BCUT2D eigenvalue weighted by Crippen LogP contribution is -2.50. The molecule has 2 N–H and O–H groups in total. The zero-order chi connectivity index (χ0) is 13.8. The van der Waals surface area contributed by atoms with E-state index < -0.39 is 26.3 Å². The Bertz CT molecular complexity index is 490. The van der Waals surface area contributed by atoms with Gasteiger partial charge in [-0.3, -0.25) is 0 Å². The van der Waals surface area contributed by atoms with Crippen molar-refractivity contribution in [2.75, 3.05) is 6.61 Å². The third-order valence-corrected chi connectivity index (χ3v) is 4.75. The number of benzene rings is 1. The molecule has 0 saturated heterocycles. The molecule has 4 nitrogen and oxygen atoms in total. The Kier molecular flexibility index (Phi) is 4.84. The molecule has 0 aliphatic heterocycles. The van der Waals surface area contributed by atoms with Crippen molar-refractivity contribution < 1.29 is 17.9 Å². The van der Waals surface area contributed by atoms with E-state index in [2.05, 4.69) is 4.72 Å². The molecule has 18 heavy (non-hydrogen) atoms. The lowest BCUT2D eigenvalue weighted by Gasteiger charge is -2.30. The van der Waals surface area contributed by atoms with Crippen molar-refractivity contribution in [1.29, 1.82) is 0 Å². The Labute approximate surface area is 107 Å². The summed E-state index contributed by atoms with van der Waals surface area (Å²) >= 11 is 0. The quantitative estimate of drug-likeness (QED) is 0.829. The maximum Gasteiger partial charge on any atom is 0.244 e. The third-order valence-electron chi connectivity index (χ3n) is 3.13. The number of rotatable bonds is 6. The highest BCUT2D eigenvalue weighted by atomic mass is 32.2. The first kappa shape index (κ1) is 15.1. The van der Waals surface area contributed by atoms with Gasteiger partial charge in [0.1, 0.15) is 10.7 Å². The summed E-state index contributed by atoms with van der Waals surface area (Å²) in [7, 11) is -3.97. The van der Waals surface area contributed by atoms with E-state index in [1.54, 1.807) is 13.8 Å². The fourth-order valence-corrected chi connectivity index (χ4v) is 3.27. The fourth-order valence-electron chi connectivity index (χ4n) is 1.65. The molecule has 1 rings (SSSR count).